The van der Waals surface area contributed by atoms with Gasteiger partial charge in [-0.1, -0.05) is 30.5 Å². The largest absolute Gasteiger partial charge is 0.496 e. The molecule has 27 heavy (non-hydrogen) atoms. The zero-order valence-electron chi connectivity index (χ0n) is 17.0. The maximum Gasteiger partial charge on any atom is 0.496 e. The Morgan fingerprint density at radius 3 is 2.30 bits per heavy atom. The summed E-state index contributed by atoms with van der Waals surface area (Å²) < 4.78 is 22.5. The van der Waals surface area contributed by atoms with E-state index in [0.717, 1.165) is 36.9 Å². The molecule has 7 heteroatoms. The van der Waals surface area contributed by atoms with E-state index >= 15 is 0 Å². The first kappa shape index (κ1) is 22.1. The molecular formula is C20H30BClO5. The number of unbranched alkanes of at least 4 members (excludes halogenated alkanes) is 3. The van der Waals surface area contributed by atoms with Crippen molar-refractivity contribution in [2.24, 2.45) is 0 Å². The van der Waals surface area contributed by atoms with Gasteiger partial charge in [-0.05, 0) is 52.7 Å². The van der Waals surface area contributed by atoms with E-state index in [1.165, 1.54) is 7.11 Å². The molecule has 0 spiro atoms. The highest BCUT2D eigenvalue weighted by Gasteiger charge is 2.52. The third-order valence-corrected chi connectivity index (χ3v) is 5.58. The molecule has 1 saturated heterocycles. The minimum absolute atomic E-state index is 0.150. The van der Waals surface area contributed by atoms with Crippen LogP contribution in [0.2, 0.25) is 5.02 Å². The van der Waals surface area contributed by atoms with Gasteiger partial charge < -0.3 is 18.8 Å². The van der Waals surface area contributed by atoms with Crippen molar-refractivity contribution < 1.29 is 23.6 Å². The van der Waals surface area contributed by atoms with Gasteiger partial charge in [0.05, 0.1) is 24.9 Å². The molecule has 2 rings (SSSR count). The third-order valence-electron chi connectivity index (χ3n) is 5.25. The maximum absolute atomic E-state index is 11.0. The Bertz CT molecular complexity index is 631. The van der Waals surface area contributed by atoms with E-state index in [9.17, 15) is 4.79 Å². The number of rotatable bonds is 9. The van der Waals surface area contributed by atoms with Crippen LogP contribution in [0.15, 0.2) is 18.2 Å². The summed E-state index contributed by atoms with van der Waals surface area (Å²) in [7, 11) is 0.936. The predicted molar refractivity (Wildman–Crippen MR) is 108 cm³/mol. The topological polar surface area (TPSA) is 54.0 Å². The number of halogens is 1. The zero-order chi connectivity index (χ0) is 20.1. The minimum atomic E-state index is -0.480. The van der Waals surface area contributed by atoms with Crippen LogP contribution in [0.3, 0.4) is 0 Å². The van der Waals surface area contributed by atoms with Gasteiger partial charge >= 0.3 is 13.1 Å². The number of benzene rings is 1. The van der Waals surface area contributed by atoms with Gasteiger partial charge in [-0.15, -0.1) is 0 Å². The first-order valence-corrected chi connectivity index (χ1v) is 9.89. The van der Waals surface area contributed by atoms with Crippen molar-refractivity contribution in [1.29, 1.82) is 0 Å². The highest BCUT2D eigenvalue weighted by Crippen LogP contribution is 2.37. The number of carbonyl (C=O) groups is 1. The van der Waals surface area contributed by atoms with E-state index in [1.807, 2.05) is 39.8 Å². The van der Waals surface area contributed by atoms with Crippen molar-refractivity contribution in [3.63, 3.8) is 0 Å². The van der Waals surface area contributed by atoms with Crippen molar-refractivity contribution in [2.75, 3.05) is 13.7 Å². The Kier molecular flexibility index (Phi) is 7.60. The van der Waals surface area contributed by atoms with Crippen LogP contribution in [0.5, 0.6) is 5.75 Å². The maximum atomic E-state index is 11.0. The van der Waals surface area contributed by atoms with Crippen LogP contribution < -0.4 is 10.2 Å². The van der Waals surface area contributed by atoms with Crippen molar-refractivity contribution in [2.45, 2.75) is 71.0 Å². The molecule has 150 valence electrons. The Balaban J connectivity index is 1.78. The molecule has 0 radical (unpaired) electrons. The summed E-state index contributed by atoms with van der Waals surface area (Å²) in [5, 5.41) is 0.573. The molecular weight excluding hydrogens is 366 g/mol. The molecule has 0 N–H and O–H groups in total. The van der Waals surface area contributed by atoms with Crippen LogP contribution in [-0.2, 0) is 18.8 Å². The predicted octanol–water partition coefficient (Wildman–Crippen LogP) is 4.14. The van der Waals surface area contributed by atoms with Crippen LogP contribution in [-0.4, -0.2) is 38.0 Å². The van der Waals surface area contributed by atoms with Gasteiger partial charge in [0.1, 0.15) is 5.75 Å². The monoisotopic (exact) mass is 396 g/mol. The molecule has 0 saturated carbocycles. The number of hydrogen-bond acceptors (Lipinski definition) is 5. The van der Waals surface area contributed by atoms with Crippen molar-refractivity contribution in [3.8, 4) is 5.75 Å². The molecule has 5 nitrogen and oxygen atoms in total. The summed E-state index contributed by atoms with van der Waals surface area (Å²) in [6, 6.07) is 5.60. The van der Waals surface area contributed by atoms with Crippen LogP contribution >= 0.6 is 11.6 Å². The number of methoxy groups -OCH3 is 1. The van der Waals surface area contributed by atoms with Gasteiger partial charge in [-0.25, -0.2) is 0 Å². The van der Waals surface area contributed by atoms with Crippen molar-refractivity contribution in [1.82, 2.24) is 0 Å². The van der Waals surface area contributed by atoms with E-state index in [-0.39, 0.29) is 5.97 Å². The van der Waals surface area contributed by atoms with Gasteiger partial charge in [-0.3, -0.25) is 4.79 Å². The Morgan fingerprint density at radius 1 is 1.07 bits per heavy atom. The molecule has 1 aliphatic rings. The second-order valence-corrected chi connectivity index (χ2v) is 8.27. The fraction of sp³-hybridized carbons (Fsp3) is 0.650. The summed E-state index contributed by atoms with van der Waals surface area (Å²) >= 11 is 6.44. The normalized spacial score (nSPS) is 17.8. The van der Waals surface area contributed by atoms with Gasteiger partial charge in [0, 0.05) is 16.9 Å². The van der Waals surface area contributed by atoms with Crippen LogP contribution in [0, 0.1) is 0 Å². The van der Waals surface area contributed by atoms with E-state index in [4.69, 9.17) is 25.6 Å². The SMILES string of the molecule is COC(=O)CCCCCCOc1ccc(B2OC(C)(C)C(C)(C)O2)c(Cl)c1. The van der Waals surface area contributed by atoms with E-state index in [0.29, 0.717) is 18.1 Å². The van der Waals surface area contributed by atoms with Crippen LogP contribution in [0.1, 0.15) is 59.8 Å². The highest BCUT2D eigenvalue weighted by molar-refractivity contribution is 6.65. The summed E-state index contributed by atoms with van der Waals surface area (Å²) in [6.07, 6.45) is 4.25. The fourth-order valence-corrected chi connectivity index (χ4v) is 3.04. The molecule has 0 aromatic heterocycles. The molecule has 1 heterocycles. The minimum Gasteiger partial charge on any atom is -0.494 e. The zero-order valence-corrected chi connectivity index (χ0v) is 17.7. The summed E-state index contributed by atoms with van der Waals surface area (Å²) in [5.74, 6) is 0.581. The van der Waals surface area contributed by atoms with Gasteiger partial charge in [0.15, 0.2) is 0 Å². The average molecular weight is 397 g/mol. The summed E-state index contributed by atoms with van der Waals surface area (Å²) in [4.78, 5) is 11.0. The molecule has 1 aliphatic heterocycles. The summed E-state index contributed by atoms with van der Waals surface area (Å²) in [5.41, 5.74) is 0.0131. The average Bonchev–Trinajstić information content (AvgIpc) is 2.81. The number of ether oxygens (including phenoxy) is 2. The van der Waals surface area contributed by atoms with Crippen LogP contribution in [0.25, 0.3) is 0 Å². The highest BCUT2D eigenvalue weighted by atomic mass is 35.5. The standard InChI is InChI=1S/C20H30BClO5/c1-19(2)20(3,4)27-21(26-19)16-12-11-15(14-17(16)22)25-13-9-7-6-8-10-18(23)24-5/h11-12,14H,6-10,13H2,1-5H3. The van der Waals surface area contributed by atoms with Gasteiger partial charge in [-0.2, -0.15) is 0 Å². The lowest BCUT2D eigenvalue weighted by molar-refractivity contribution is -0.140. The molecule has 1 fully saturated rings. The smallest absolute Gasteiger partial charge is 0.494 e. The fourth-order valence-electron chi connectivity index (χ4n) is 2.78. The van der Waals surface area contributed by atoms with Crippen LogP contribution in [0.4, 0.5) is 0 Å². The first-order valence-electron chi connectivity index (χ1n) is 9.51. The van der Waals surface area contributed by atoms with Crippen molar-refractivity contribution in [3.05, 3.63) is 23.2 Å². The Morgan fingerprint density at radius 2 is 1.70 bits per heavy atom. The van der Waals surface area contributed by atoms with E-state index in [2.05, 4.69) is 4.74 Å². The molecule has 0 bridgehead atoms. The second kappa shape index (κ2) is 9.31. The lowest BCUT2D eigenvalue weighted by Gasteiger charge is -2.32. The lowest BCUT2D eigenvalue weighted by atomic mass is 9.79. The van der Waals surface area contributed by atoms with E-state index in [1.54, 1.807) is 6.07 Å². The third kappa shape index (κ3) is 5.87. The Labute approximate surface area is 167 Å². The molecule has 0 unspecified atom stereocenters. The summed E-state index contributed by atoms with van der Waals surface area (Å²) in [6.45, 7) is 8.69. The first-order chi connectivity index (χ1) is 12.7. The van der Waals surface area contributed by atoms with Gasteiger partial charge in [0.25, 0.3) is 0 Å². The van der Waals surface area contributed by atoms with Gasteiger partial charge in [0.2, 0.25) is 0 Å². The molecule has 0 aliphatic carbocycles. The molecule has 1 aromatic rings. The number of hydrogen-bond donors (Lipinski definition) is 0. The number of esters is 1. The lowest BCUT2D eigenvalue weighted by Crippen LogP contribution is -2.41. The molecule has 0 amide bonds. The molecule has 1 aromatic carbocycles. The van der Waals surface area contributed by atoms with E-state index < -0.39 is 18.3 Å². The second-order valence-electron chi connectivity index (χ2n) is 7.86. The van der Waals surface area contributed by atoms with Crippen molar-refractivity contribution >= 4 is 30.2 Å². The quantitative estimate of drug-likeness (QED) is 0.357. The molecule has 0 atom stereocenters. The Hall–Kier alpha value is -1.24. The number of carbonyl (C=O) groups excluding carboxylic acids is 1.